The Hall–Kier alpha value is -0.980. The van der Waals surface area contributed by atoms with Gasteiger partial charge in [0.25, 0.3) is 0 Å². The molecule has 0 bridgehead atoms. The molecule has 5 nitrogen and oxygen atoms in total. The third-order valence-electron chi connectivity index (χ3n) is 1.92. The second kappa shape index (κ2) is 7.37. The average Bonchev–Trinajstić information content (AvgIpc) is 2.71. The monoisotopic (exact) mass is 258 g/mol. The summed E-state index contributed by atoms with van der Waals surface area (Å²) in [5.41, 5.74) is 0.760. The molecule has 0 aliphatic carbocycles. The quantitative estimate of drug-likeness (QED) is 0.693. The first-order chi connectivity index (χ1) is 8.09. The maximum absolute atomic E-state index is 10.6. The number of hydrogen-bond donors (Lipinski definition) is 2. The molecule has 6 heteroatoms. The minimum atomic E-state index is -0.971. The molecule has 17 heavy (non-hydrogen) atoms. The second-order valence-electron chi connectivity index (χ2n) is 4.09. The van der Waals surface area contributed by atoms with Gasteiger partial charge >= 0.3 is 5.97 Å². The van der Waals surface area contributed by atoms with Crippen molar-refractivity contribution in [3.8, 4) is 0 Å². The smallest absolute Gasteiger partial charge is 0.365 e. The summed E-state index contributed by atoms with van der Waals surface area (Å²) in [6, 6.07) is 0. The molecule has 0 unspecified atom stereocenters. The average molecular weight is 258 g/mol. The summed E-state index contributed by atoms with van der Waals surface area (Å²) in [5.74, 6) is -0.423. The van der Waals surface area contributed by atoms with Gasteiger partial charge in [0.1, 0.15) is 0 Å². The normalized spacial score (nSPS) is 11.0. The van der Waals surface area contributed by atoms with E-state index in [9.17, 15) is 4.79 Å². The van der Waals surface area contributed by atoms with Gasteiger partial charge in [-0.1, -0.05) is 13.8 Å². The van der Waals surface area contributed by atoms with Crippen LogP contribution in [0, 0.1) is 5.92 Å². The molecule has 1 heterocycles. The van der Waals surface area contributed by atoms with E-state index < -0.39 is 5.97 Å². The molecule has 0 spiro atoms. The molecule has 0 atom stereocenters. The number of thiazole rings is 1. The Balaban J connectivity index is 2.11. The second-order valence-corrected chi connectivity index (χ2v) is 4.95. The van der Waals surface area contributed by atoms with Crippen molar-refractivity contribution in [1.29, 1.82) is 0 Å². The zero-order valence-corrected chi connectivity index (χ0v) is 10.9. The Bertz CT molecular complexity index is 352. The molecule has 0 aliphatic heterocycles. The third kappa shape index (κ3) is 5.76. The van der Waals surface area contributed by atoms with Gasteiger partial charge in [0.15, 0.2) is 0 Å². The van der Waals surface area contributed by atoms with E-state index >= 15 is 0 Å². The molecule has 1 aromatic heterocycles. The van der Waals surface area contributed by atoms with Crippen LogP contribution in [0.1, 0.15) is 29.3 Å². The van der Waals surface area contributed by atoms with Crippen molar-refractivity contribution >= 4 is 17.3 Å². The van der Waals surface area contributed by atoms with E-state index in [1.54, 1.807) is 5.38 Å². The highest BCUT2D eigenvalue weighted by Crippen LogP contribution is 2.08. The number of aromatic carboxylic acids is 1. The molecule has 2 N–H and O–H groups in total. The van der Waals surface area contributed by atoms with Gasteiger partial charge < -0.3 is 15.2 Å². The largest absolute Gasteiger partial charge is 0.476 e. The van der Waals surface area contributed by atoms with Crippen molar-refractivity contribution in [1.82, 2.24) is 10.3 Å². The van der Waals surface area contributed by atoms with Crippen LogP contribution in [0.5, 0.6) is 0 Å². The molecule has 0 aliphatic rings. The van der Waals surface area contributed by atoms with E-state index in [4.69, 9.17) is 9.84 Å². The van der Waals surface area contributed by atoms with Crippen LogP contribution in [0.25, 0.3) is 0 Å². The fraction of sp³-hybridized carbons (Fsp3) is 0.636. The van der Waals surface area contributed by atoms with Gasteiger partial charge in [0, 0.05) is 25.1 Å². The van der Waals surface area contributed by atoms with E-state index in [1.807, 2.05) is 0 Å². The lowest BCUT2D eigenvalue weighted by Crippen LogP contribution is -2.20. The van der Waals surface area contributed by atoms with Gasteiger partial charge in [-0.3, -0.25) is 0 Å². The molecule has 96 valence electrons. The summed E-state index contributed by atoms with van der Waals surface area (Å²) in [5, 5.41) is 13.7. The first-order valence-electron chi connectivity index (χ1n) is 5.55. The summed E-state index contributed by atoms with van der Waals surface area (Å²) in [6.45, 7) is 6.96. The Morgan fingerprint density at radius 1 is 1.65 bits per heavy atom. The topological polar surface area (TPSA) is 71.5 Å². The number of carboxylic acids is 1. The zero-order chi connectivity index (χ0) is 12.7. The van der Waals surface area contributed by atoms with Crippen LogP contribution in [0.15, 0.2) is 5.38 Å². The molecule has 0 aromatic carbocycles. The predicted molar refractivity (Wildman–Crippen MR) is 66.4 cm³/mol. The van der Waals surface area contributed by atoms with Crippen LogP contribution in [-0.2, 0) is 11.3 Å². The summed E-state index contributed by atoms with van der Waals surface area (Å²) in [4.78, 5) is 14.6. The number of nitrogens with one attached hydrogen (secondary N) is 1. The highest BCUT2D eigenvalue weighted by Gasteiger charge is 2.07. The van der Waals surface area contributed by atoms with Gasteiger partial charge in [-0.2, -0.15) is 0 Å². The first kappa shape index (κ1) is 14.1. The molecule has 0 amide bonds. The molecule has 1 rings (SSSR count). The number of nitrogens with zero attached hydrogens (tertiary/aromatic N) is 1. The van der Waals surface area contributed by atoms with Crippen molar-refractivity contribution in [3.63, 3.8) is 0 Å². The first-order valence-corrected chi connectivity index (χ1v) is 6.43. The van der Waals surface area contributed by atoms with E-state index in [0.717, 1.165) is 30.2 Å². The summed E-state index contributed by atoms with van der Waals surface area (Å²) < 4.78 is 5.40. The van der Waals surface area contributed by atoms with Crippen LogP contribution < -0.4 is 5.32 Å². The minimum absolute atomic E-state index is 0.137. The van der Waals surface area contributed by atoms with Crippen LogP contribution in [0.4, 0.5) is 0 Å². The van der Waals surface area contributed by atoms with Gasteiger partial charge in [0.2, 0.25) is 5.01 Å². The Kier molecular flexibility index (Phi) is 6.10. The summed E-state index contributed by atoms with van der Waals surface area (Å²) in [6.07, 6.45) is 0. The van der Waals surface area contributed by atoms with E-state index in [1.165, 1.54) is 0 Å². The van der Waals surface area contributed by atoms with Crippen molar-refractivity contribution in [3.05, 3.63) is 16.1 Å². The summed E-state index contributed by atoms with van der Waals surface area (Å²) in [7, 11) is 0. The van der Waals surface area contributed by atoms with Crippen LogP contribution in [-0.4, -0.2) is 35.8 Å². The Morgan fingerprint density at radius 2 is 2.41 bits per heavy atom. The van der Waals surface area contributed by atoms with Crippen LogP contribution >= 0.6 is 11.3 Å². The van der Waals surface area contributed by atoms with Crippen molar-refractivity contribution in [2.24, 2.45) is 5.92 Å². The standard InChI is InChI=1S/C11H18N2O3S/c1-8(2)6-16-4-3-12-5-9-7-17-10(13-9)11(14)15/h7-8,12H,3-6H2,1-2H3,(H,14,15). The number of carbonyl (C=O) groups is 1. The summed E-state index contributed by atoms with van der Waals surface area (Å²) >= 11 is 1.15. The number of ether oxygens (including phenoxy) is 1. The van der Waals surface area contributed by atoms with E-state index in [-0.39, 0.29) is 5.01 Å². The van der Waals surface area contributed by atoms with E-state index in [2.05, 4.69) is 24.1 Å². The fourth-order valence-corrected chi connectivity index (χ4v) is 1.82. The number of rotatable bonds is 8. The van der Waals surface area contributed by atoms with Gasteiger partial charge in [-0.25, -0.2) is 9.78 Å². The molecular formula is C11H18N2O3S. The molecule has 0 saturated carbocycles. The predicted octanol–water partition coefficient (Wildman–Crippen LogP) is 1.60. The zero-order valence-electron chi connectivity index (χ0n) is 10.1. The van der Waals surface area contributed by atoms with Crippen LogP contribution in [0.2, 0.25) is 0 Å². The SMILES string of the molecule is CC(C)COCCNCc1csc(C(=O)O)n1. The van der Waals surface area contributed by atoms with Crippen molar-refractivity contribution in [2.45, 2.75) is 20.4 Å². The Labute approximate surface area is 105 Å². The van der Waals surface area contributed by atoms with Gasteiger partial charge in [-0.05, 0) is 5.92 Å². The van der Waals surface area contributed by atoms with Crippen LogP contribution in [0.3, 0.4) is 0 Å². The number of hydrogen-bond acceptors (Lipinski definition) is 5. The lowest BCUT2D eigenvalue weighted by molar-refractivity contribution is 0.0696. The molecule has 0 radical (unpaired) electrons. The lowest BCUT2D eigenvalue weighted by Gasteiger charge is -2.06. The minimum Gasteiger partial charge on any atom is -0.476 e. The molecule has 1 aromatic rings. The van der Waals surface area contributed by atoms with Gasteiger partial charge in [0.05, 0.1) is 12.3 Å². The maximum atomic E-state index is 10.6. The van der Waals surface area contributed by atoms with Gasteiger partial charge in [-0.15, -0.1) is 11.3 Å². The highest BCUT2D eigenvalue weighted by molar-refractivity contribution is 7.11. The molecule has 0 fully saturated rings. The van der Waals surface area contributed by atoms with Crippen molar-refractivity contribution in [2.75, 3.05) is 19.8 Å². The van der Waals surface area contributed by atoms with E-state index in [0.29, 0.717) is 19.1 Å². The number of carboxylic acid groups (broad SMARTS) is 1. The maximum Gasteiger partial charge on any atom is 0.365 e. The highest BCUT2D eigenvalue weighted by atomic mass is 32.1. The third-order valence-corrected chi connectivity index (χ3v) is 2.79. The van der Waals surface area contributed by atoms with Crippen molar-refractivity contribution < 1.29 is 14.6 Å². The molecule has 0 saturated heterocycles. The Morgan fingerprint density at radius 3 is 3.00 bits per heavy atom. The number of aromatic nitrogens is 1. The lowest BCUT2D eigenvalue weighted by atomic mass is 10.2. The molecular weight excluding hydrogens is 240 g/mol. The fourth-order valence-electron chi connectivity index (χ4n) is 1.17.